The number of aromatic nitrogens is 1. The molecule has 96 valence electrons. The van der Waals surface area contributed by atoms with Gasteiger partial charge >= 0.3 is 11.7 Å². The molecule has 0 atom stereocenters. The average Bonchev–Trinajstić information content (AvgIpc) is 2.67. The monoisotopic (exact) mass is 249 g/mol. The van der Waals surface area contributed by atoms with Gasteiger partial charge in [-0.1, -0.05) is 25.5 Å². The maximum absolute atomic E-state index is 11.6. The lowest BCUT2D eigenvalue weighted by molar-refractivity contribution is -0.144. The number of hydrogen-bond donors (Lipinski definition) is 0. The summed E-state index contributed by atoms with van der Waals surface area (Å²) in [6.45, 7) is 2.29. The number of carbonyl (C=O) groups excluding carboxylic acids is 1. The van der Waals surface area contributed by atoms with Gasteiger partial charge in [0.2, 0.25) is 0 Å². The normalized spacial score (nSPS) is 10.7. The van der Waals surface area contributed by atoms with Crippen LogP contribution in [0.15, 0.2) is 33.5 Å². The second-order valence-electron chi connectivity index (χ2n) is 4.00. The highest BCUT2D eigenvalue weighted by atomic mass is 16.5. The van der Waals surface area contributed by atoms with Gasteiger partial charge in [0.25, 0.3) is 0 Å². The number of para-hydroxylation sites is 2. The molecule has 0 N–H and O–H groups in total. The zero-order valence-electron chi connectivity index (χ0n) is 10.2. The van der Waals surface area contributed by atoms with E-state index in [2.05, 4.69) is 0 Å². The Kier molecular flexibility index (Phi) is 3.82. The minimum Gasteiger partial charge on any atom is -0.464 e. The van der Waals surface area contributed by atoms with E-state index in [1.807, 2.05) is 6.92 Å². The van der Waals surface area contributed by atoms with Gasteiger partial charge in [-0.3, -0.25) is 9.36 Å². The van der Waals surface area contributed by atoms with Gasteiger partial charge < -0.3 is 9.15 Å². The molecule has 0 saturated carbocycles. The van der Waals surface area contributed by atoms with E-state index in [1.54, 1.807) is 24.3 Å². The zero-order chi connectivity index (χ0) is 13.0. The van der Waals surface area contributed by atoms with Crippen LogP contribution >= 0.6 is 0 Å². The molecule has 5 heteroatoms. The van der Waals surface area contributed by atoms with Crippen molar-refractivity contribution in [2.75, 3.05) is 6.61 Å². The highest BCUT2D eigenvalue weighted by Gasteiger charge is 2.12. The number of carbonyl (C=O) groups is 1. The second kappa shape index (κ2) is 5.53. The van der Waals surface area contributed by atoms with Crippen LogP contribution in [-0.4, -0.2) is 17.1 Å². The average molecular weight is 249 g/mol. The SMILES string of the molecule is CCCCOC(=O)Cn1c(=O)oc2ccccc21. The number of nitrogens with zero attached hydrogens (tertiary/aromatic N) is 1. The van der Waals surface area contributed by atoms with Crippen molar-refractivity contribution in [2.24, 2.45) is 0 Å². The predicted octanol–water partition coefficient (Wildman–Crippen LogP) is 1.94. The van der Waals surface area contributed by atoms with Gasteiger partial charge in [-0.25, -0.2) is 4.79 Å². The van der Waals surface area contributed by atoms with E-state index in [0.29, 0.717) is 17.7 Å². The van der Waals surface area contributed by atoms with E-state index >= 15 is 0 Å². The molecule has 0 saturated heterocycles. The van der Waals surface area contributed by atoms with Crippen molar-refractivity contribution in [3.05, 3.63) is 34.8 Å². The van der Waals surface area contributed by atoms with Gasteiger partial charge in [-0.2, -0.15) is 0 Å². The number of hydrogen-bond acceptors (Lipinski definition) is 4. The maximum atomic E-state index is 11.6. The molecule has 0 unspecified atom stereocenters. The van der Waals surface area contributed by atoms with Crippen LogP contribution in [0.25, 0.3) is 11.1 Å². The molecule has 0 spiro atoms. The quantitative estimate of drug-likeness (QED) is 0.600. The van der Waals surface area contributed by atoms with Crippen molar-refractivity contribution >= 4 is 17.1 Å². The van der Waals surface area contributed by atoms with Crippen LogP contribution in [0.5, 0.6) is 0 Å². The number of benzene rings is 1. The summed E-state index contributed by atoms with van der Waals surface area (Å²) in [4.78, 5) is 23.2. The summed E-state index contributed by atoms with van der Waals surface area (Å²) in [5.41, 5.74) is 1.08. The molecular formula is C13H15NO4. The van der Waals surface area contributed by atoms with E-state index in [-0.39, 0.29) is 6.54 Å². The Morgan fingerprint density at radius 3 is 2.94 bits per heavy atom. The van der Waals surface area contributed by atoms with Crippen LogP contribution in [0.3, 0.4) is 0 Å². The van der Waals surface area contributed by atoms with Gasteiger partial charge in [-0.15, -0.1) is 0 Å². The fourth-order valence-electron chi connectivity index (χ4n) is 1.67. The van der Waals surface area contributed by atoms with Gasteiger partial charge in [0, 0.05) is 0 Å². The van der Waals surface area contributed by atoms with E-state index in [0.717, 1.165) is 12.8 Å². The molecule has 1 aromatic heterocycles. The Hall–Kier alpha value is -2.04. The fourth-order valence-corrected chi connectivity index (χ4v) is 1.67. The van der Waals surface area contributed by atoms with Crippen molar-refractivity contribution in [3.8, 4) is 0 Å². The summed E-state index contributed by atoms with van der Waals surface area (Å²) < 4.78 is 11.3. The standard InChI is InChI=1S/C13H15NO4/c1-2-3-8-17-12(15)9-14-10-6-4-5-7-11(10)18-13(14)16/h4-7H,2-3,8-9H2,1H3. The molecule has 18 heavy (non-hydrogen) atoms. The smallest absolute Gasteiger partial charge is 0.420 e. The lowest BCUT2D eigenvalue weighted by Crippen LogP contribution is -2.21. The minimum absolute atomic E-state index is 0.112. The largest absolute Gasteiger partial charge is 0.464 e. The molecule has 1 aromatic carbocycles. The Bertz CT molecular complexity index is 596. The lowest BCUT2D eigenvalue weighted by Gasteiger charge is -2.04. The highest BCUT2D eigenvalue weighted by molar-refractivity contribution is 5.76. The lowest BCUT2D eigenvalue weighted by atomic mass is 10.3. The van der Waals surface area contributed by atoms with E-state index < -0.39 is 11.7 Å². The van der Waals surface area contributed by atoms with Crippen LogP contribution in [0, 0.1) is 0 Å². The number of unbranched alkanes of at least 4 members (excludes halogenated alkanes) is 1. The first-order valence-corrected chi connectivity index (χ1v) is 5.96. The molecule has 0 aliphatic heterocycles. The molecule has 0 aliphatic rings. The molecule has 2 aromatic rings. The number of oxazole rings is 1. The van der Waals surface area contributed by atoms with Gasteiger partial charge in [0.05, 0.1) is 12.1 Å². The first-order valence-electron chi connectivity index (χ1n) is 5.96. The van der Waals surface area contributed by atoms with Crippen LogP contribution in [0.4, 0.5) is 0 Å². The van der Waals surface area contributed by atoms with Crippen molar-refractivity contribution in [3.63, 3.8) is 0 Å². The zero-order valence-corrected chi connectivity index (χ0v) is 10.2. The van der Waals surface area contributed by atoms with Crippen molar-refractivity contribution < 1.29 is 13.9 Å². The molecule has 1 heterocycles. The topological polar surface area (TPSA) is 61.4 Å². The third-order valence-electron chi connectivity index (χ3n) is 2.62. The van der Waals surface area contributed by atoms with Crippen molar-refractivity contribution in [1.29, 1.82) is 0 Å². The maximum Gasteiger partial charge on any atom is 0.420 e. The van der Waals surface area contributed by atoms with E-state index in [9.17, 15) is 9.59 Å². The van der Waals surface area contributed by atoms with E-state index in [4.69, 9.17) is 9.15 Å². The highest BCUT2D eigenvalue weighted by Crippen LogP contribution is 2.11. The predicted molar refractivity (Wildman–Crippen MR) is 66.3 cm³/mol. The summed E-state index contributed by atoms with van der Waals surface area (Å²) in [7, 11) is 0. The van der Waals surface area contributed by atoms with Crippen LogP contribution in [0.2, 0.25) is 0 Å². The molecular weight excluding hydrogens is 234 g/mol. The molecule has 0 radical (unpaired) electrons. The van der Waals surface area contributed by atoms with Crippen molar-refractivity contribution in [2.45, 2.75) is 26.3 Å². The van der Waals surface area contributed by atoms with Crippen LogP contribution in [0.1, 0.15) is 19.8 Å². The molecule has 2 rings (SSSR count). The Labute approximate surface area is 104 Å². The van der Waals surface area contributed by atoms with E-state index in [1.165, 1.54) is 4.57 Å². The first kappa shape index (κ1) is 12.4. The number of rotatable bonds is 5. The fraction of sp³-hybridized carbons (Fsp3) is 0.385. The molecule has 0 amide bonds. The van der Waals surface area contributed by atoms with Gasteiger partial charge in [0.15, 0.2) is 5.58 Å². The Balaban J connectivity index is 2.14. The molecule has 5 nitrogen and oxygen atoms in total. The summed E-state index contributed by atoms with van der Waals surface area (Å²) in [5.74, 6) is -0.958. The summed E-state index contributed by atoms with van der Waals surface area (Å²) in [6, 6.07) is 6.99. The van der Waals surface area contributed by atoms with Crippen LogP contribution < -0.4 is 5.76 Å². The molecule has 0 aliphatic carbocycles. The van der Waals surface area contributed by atoms with Crippen LogP contribution in [-0.2, 0) is 16.1 Å². The molecule has 0 bridgehead atoms. The Morgan fingerprint density at radius 2 is 2.17 bits per heavy atom. The summed E-state index contributed by atoms with van der Waals surface area (Å²) >= 11 is 0. The first-order chi connectivity index (χ1) is 8.72. The van der Waals surface area contributed by atoms with Gasteiger partial charge in [-0.05, 0) is 18.6 Å². The summed E-state index contributed by atoms with van der Waals surface area (Å²) in [6.07, 6.45) is 1.79. The van der Waals surface area contributed by atoms with Gasteiger partial charge in [0.1, 0.15) is 6.54 Å². The van der Waals surface area contributed by atoms with Crippen molar-refractivity contribution in [1.82, 2.24) is 4.57 Å². The third-order valence-corrected chi connectivity index (χ3v) is 2.62. The number of esters is 1. The summed E-state index contributed by atoms with van der Waals surface area (Å²) in [5, 5.41) is 0. The third kappa shape index (κ3) is 2.61. The molecule has 0 fully saturated rings. The number of ether oxygens (including phenoxy) is 1. The second-order valence-corrected chi connectivity index (χ2v) is 4.00. The number of fused-ring (bicyclic) bond motifs is 1. The minimum atomic E-state index is -0.538. The Morgan fingerprint density at radius 1 is 1.39 bits per heavy atom.